The van der Waals surface area contributed by atoms with Gasteiger partial charge >= 0.3 is 5.97 Å². The van der Waals surface area contributed by atoms with Gasteiger partial charge in [-0.2, -0.15) is 0 Å². The van der Waals surface area contributed by atoms with Crippen LogP contribution in [0.1, 0.15) is 30.0 Å². The van der Waals surface area contributed by atoms with Crippen molar-refractivity contribution in [2.45, 2.75) is 34.1 Å². The third kappa shape index (κ3) is 4.81. The zero-order valence-electron chi connectivity index (χ0n) is 14.6. The molecule has 1 aromatic rings. The second-order valence-electron chi connectivity index (χ2n) is 6.53. The monoisotopic (exact) mass is 332 g/mol. The molecule has 1 saturated carbocycles. The Kier molecular flexibility index (Phi) is 5.59. The molecule has 0 bridgehead atoms. The van der Waals surface area contributed by atoms with Crippen LogP contribution < -0.4 is 10.6 Å². The fourth-order valence-corrected chi connectivity index (χ4v) is 2.68. The summed E-state index contributed by atoms with van der Waals surface area (Å²) in [7, 11) is 0. The predicted octanol–water partition coefficient (Wildman–Crippen LogP) is 1.87. The van der Waals surface area contributed by atoms with E-state index >= 15 is 0 Å². The lowest BCUT2D eigenvalue weighted by atomic mass is 10.1. The van der Waals surface area contributed by atoms with E-state index in [9.17, 15) is 14.4 Å². The number of benzene rings is 1. The molecule has 0 unspecified atom stereocenters. The summed E-state index contributed by atoms with van der Waals surface area (Å²) < 4.78 is 4.92. The lowest BCUT2D eigenvalue weighted by Gasteiger charge is -2.13. The summed E-state index contributed by atoms with van der Waals surface area (Å²) in [5, 5.41) is 5.25. The zero-order valence-corrected chi connectivity index (χ0v) is 14.6. The van der Waals surface area contributed by atoms with E-state index in [1.165, 1.54) is 0 Å². The molecule has 6 heteroatoms. The van der Waals surface area contributed by atoms with Crippen LogP contribution in [0.4, 0.5) is 5.69 Å². The van der Waals surface area contributed by atoms with Gasteiger partial charge in [-0.3, -0.25) is 14.4 Å². The van der Waals surface area contributed by atoms with E-state index in [0.717, 1.165) is 28.8 Å². The number of aryl methyl sites for hydroxylation is 3. The molecule has 2 atom stereocenters. The van der Waals surface area contributed by atoms with E-state index in [0.29, 0.717) is 5.92 Å². The van der Waals surface area contributed by atoms with E-state index in [4.69, 9.17) is 4.74 Å². The summed E-state index contributed by atoms with van der Waals surface area (Å²) in [6.45, 7) is 7.29. The first-order valence-electron chi connectivity index (χ1n) is 8.09. The van der Waals surface area contributed by atoms with Gasteiger partial charge < -0.3 is 15.4 Å². The Bertz CT molecular complexity index is 646. The highest BCUT2D eigenvalue weighted by molar-refractivity contribution is 5.96. The molecule has 24 heavy (non-hydrogen) atoms. The van der Waals surface area contributed by atoms with Crippen molar-refractivity contribution in [3.05, 3.63) is 28.8 Å². The molecule has 0 heterocycles. The molecule has 130 valence electrons. The summed E-state index contributed by atoms with van der Waals surface area (Å²) in [5.41, 5.74) is 3.83. The minimum Gasteiger partial charge on any atom is -0.455 e. The van der Waals surface area contributed by atoms with Crippen LogP contribution in [0.3, 0.4) is 0 Å². The number of carbonyl (C=O) groups is 3. The summed E-state index contributed by atoms with van der Waals surface area (Å²) in [5.74, 6) is -0.876. The van der Waals surface area contributed by atoms with Gasteiger partial charge in [0, 0.05) is 5.69 Å². The highest BCUT2D eigenvalue weighted by atomic mass is 16.5. The number of amides is 2. The fraction of sp³-hybridized carbons (Fsp3) is 0.500. The van der Waals surface area contributed by atoms with Gasteiger partial charge in [-0.1, -0.05) is 24.6 Å². The topological polar surface area (TPSA) is 84.5 Å². The highest BCUT2D eigenvalue weighted by Gasteiger charge is 2.40. The molecule has 1 aliphatic carbocycles. The van der Waals surface area contributed by atoms with Crippen LogP contribution in [0.25, 0.3) is 0 Å². The van der Waals surface area contributed by atoms with Gasteiger partial charge in [0.2, 0.25) is 5.91 Å². The molecule has 0 aromatic heterocycles. The minimum absolute atomic E-state index is 0.0754. The van der Waals surface area contributed by atoms with Gasteiger partial charge in [0.25, 0.3) is 5.91 Å². The number of nitrogens with one attached hydrogen (secondary N) is 2. The number of hydrogen-bond donors (Lipinski definition) is 2. The molecule has 1 aliphatic rings. The number of hydrogen-bond acceptors (Lipinski definition) is 4. The lowest BCUT2D eigenvalue weighted by Crippen LogP contribution is -2.36. The number of esters is 1. The van der Waals surface area contributed by atoms with Crippen LogP contribution in [0.15, 0.2) is 12.1 Å². The van der Waals surface area contributed by atoms with Crippen molar-refractivity contribution in [1.29, 1.82) is 0 Å². The van der Waals surface area contributed by atoms with E-state index < -0.39 is 5.91 Å². The van der Waals surface area contributed by atoms with Crippen LogP contribution in [0.2, 0.25) is 0 Å². The molecule has 1 aromatic carbocycles. The van der Waals surface area contributed by atoms with Crippen molar-refractivity contribution in [2.75, 3.05) is 18.5 Å². The van der Waals surface area contributed by atoms with Crippen LogP contribution in [0.5, 0.6) is 0 Å². The SMILES string of the molecule is Cc1cc(C)c(NC(=O)CNC(=O)COC(=O)[C@H]2C[C@@H]2C)c(C)c1. The lowest BCUT2D eigenvalue weighted by molar-refractivity contribution is -0.150. The Morgan fingerprint density at radius 1 is 1.12 bits per heavy atom. The van der Waals surface area contributed by atoms with Crippen LogP contribution in [0, 0.1) is 32.6 Å². The molecule has 0 radical (unpaired) electrons. The maximum Gasteiger partial charge on any atom is 0.309 e. The smallest absolute Gasteiger partial charge is 0.309 e. The summed E-state index contributed by atoms with van der Waals surface area (Å²) in [4.78, 5) is 35.1. The first-order chi connectivity index (χ1) is 11.3. The summed E-state index contributed by atoms with van der Waals surface area (Å²) in [6.07, 6.45) is 0.818. The van der Waals surface area contributed by atoms with Crippen molar-refractivity contribution in [3.8, 4) is 0 Å². The van der Waals surface area contributed by atoms with E-state index in [2.05, 4.69) is 10.6 Å². The van der Waals surface area contributed by atoms with Gasteiger partial charge in [0.15, 0.2) is 6.61 Å². The minimum atomic E-state index is -0.482. The Morgan fingerprint density at radius 3 is 2.25 bits per heavy atom. The Balaban J connectivity index is 1.75. The predicted molar refractivity (Wildman–Crippen MR) is 90.5 cm³/mol. The largest absolute Gasteiger partial charge is 0.455 e. The van der Waals surface area contributed by atoms with Gasteiger partial charge in [-0.25, -0.2) is 0 Å². The molecule has 2 rings (SSSR count). The molecule has 0 saturated heterocycles. The van der Waals surface area contributed by atoms with Crippen molar-refractivity contribution in [2.24, 2.45) is 11.8 Å². The average molecular weight is 332 g/mol. The number of rotatable bonds is 6. The van der Waals surface area contributed by atoms with Crippen molar-refractivity contribution >= 4 is 23.5 Å². The molecule has 0 aliphatic heterocycles. The Morgan fingerprint density at radius 2 is 1.71 bits per heavy atom. The van der Waals surface area contributed by atoms with E-state index in [1.807, 2.05) is 39.8 Å². The molecular formula is C18H24N2O4. The summed E-state index contributed by atoms with van der Waals surface area (Å²) in [6, 6.07) is 3.97. The quantitative estimate of drug-likeness (QED) is 0.779. The Hall–Kier alpha value is -2.37. The van der Waals surface area contributed by atoms with Crippen LogP contribution >= 0.6 is 0 Å². The third-order valence-corrected chi connectivity index (χ3v) is 4.15. The number of carbonyl (C=O) groups excluding carboxylic acids is 3. The maximum absolute atomic E-state index is 12.0. The zero-order chi connectivity index (χ0) is 17.9. The number of anilines is 1. The second-order valence-corrected chi connectivity index (χ2v) is 6.53. The standard InChI is InChI=1S/C18H24N2O4/c1-10-5-12(3)17(13(4)6-10)20-15(21)8-19-16(22)9-24-18(23)14-7-11(14)2/h5-6,11,14H,7-9H2,1-4H3,(H,19,22)(H,20,21)/t11-,14-/m0/s1. The molecule has 6 nitrogen and oxygen atoms in total. The first-order valence-corrected chi connectivity index (χ1v) is 8.09. The van der Waals surface area contributed by atoms with Crippen molar-refractivity contribution < 1.29 is 19.1 Å². The molecule has 2 amide bonds. The highest BCUT2D eigenvalue weighted by Crippen LogP contribution is 2.38. The molecule has 2 N–H and O–H groups in total. The van der Waals surface area contributed by atoms with Crippen LogP contribution in [-0.4, -0.2) is 30.9 Å². The van der Waals surface area contributed by atoms with Gasteiger partial charge in [0.1, 0.15) is 0 Å². The molecular weight excluding hydrogens is 308 g/mol. The van der Waals surface area contributed by atoms with E-state index in [1.54, 1.807) is 0 Å². The molecule has 1 fully saturated rings. The fourth-order valence-electron chi connectivity index (χ4n) is 2.68. The van der Waals surface area contributed by atoms with Gasteiger partial charge in [-0.05, 0) is 44.2 Å². The number of ether oxygens (including phenoxy) is 1. The summed E-state index contributed by atoms with van der Waals surface area (Å²) >= 11 is 0. The van der Waals surface area contributed by atoms with E-state index in [-0.39, 0.29) is 30.9 Å². The molecule has 0 spiro atoms. The third-order valence-electron chi connectivity index (χ3n) is 4.15. The second kappa shape index (κ2) is 7.47. The Labute approximate surface area is 142 Å². The first kappa shape index (κ1) is 18.0. The van der Waals surface area contributed by atoms with Gasteiger partial charge in [-0.15, -0.1) is 0 Å². The van der Waals surface area contributed by atoms with Crippen molar-refractivity contribution in [3.63, 3.8) is 0 Å². The van der Waals surface area contributed by atoms with Crippen molar-refractivity contribution in [1.82, 2.24) is 5.32 Å². The van der Waals surface area contributed by atoms with Gasteiger partial charge in [0.05, 0.1) is 12.5 Å². The maximum atomic E-state index is 12.0. The average Bonchev–Trinajstić information content (AvgIpc) is 3.23. The normalized spacial score (nSPS) is 18.7. The van der Waals surface area contributed by atoms with Crippen LogP contribution in [-0.2, 0) is 19.1 Å².